The van der Waals surface area contributed by atoms with Crippen molar-refractivity contribution in [3.63, 3.8) is 0 Å². The van der Waals surface area contributed by atoms with Gasteiger partial charge in [0.15, 0.2) is 0 Å². The summed E-state index contributed by atoms with van der Waals surface area (Å²) in [7, 11) is 0. The van der Waals surface area contributed by atoms with Gasteiger partial charge in [-0.2, -0.15) is 0 Å². The molecule has 2 atom stereocenters. The van der Waals surface area contributed by atoms with Crippen molar-refractivity contribution in [1.82, 2.24) is 0 Å². The van der Waals surface area contributed by atoms with E-state index in [1.807, 2.05) is 0 Å². The van der Waals surface area contributed by atoms with E-state index in [1.54, 1.807) is 6.07 Å². The fourth-order valence-electron chi connectivity index (χ4n) is 2.84. The number of rotatable bonds is 2. The highest BCUT2D eigenvalue weighted by Gasteiger charge is 2.41. The van der Waals surface area contributed by atoms with Crippen LogP contribution in [0.3, 0.4) is 0 Å². The molecule has 19 heavy (non-hydrogen) atoms. The molecule has 1 aromatic carbocycles. The smallest absolute Gasteiger partial charge is 0.124 e. The highest BCUT2D eigenvalue weighted by atomic mass is 79.9. The third-order valence-corrected chi connectivity index (χ3v) is 4.51. The predicted molar refractivity (Wildman–Crippen MR) is 74.9 cm³/mol. The first-order valence-corrected chi connectivity index (χ1v) is 7.39. The van der Waals surface area contributed by atoms with Gasteiger partial charge in [0, 0.05) is 35.8 Å². The molecule has 2 aliphatic heterocycles. The predicted octanol–water partition coefficient (Wildman–Crippen LogP) is 3.34. The first kappa shape index (κ1) is 13.3. The maximum Gasteiger partial charge on any atom is 0.124 e. The Morgan fingerprint density at radius 1 is 1.37 bits per heavy atom. The second-order valence-electron chi connectivity index (χ2n) is 5.29. The van der Waals surface area contributed by atoms with Crippen molar-refractivity contribution >= 4 is 21.6 Å². The second-order valence-corrected chi connectivity index (χ2v) is 6.15. The molecule has 0 saturated carbocycles. The Bertz CT molecular complexity index is 463. The van der Waals surface area contributed by atoms with Gasteiger partial charge in [-0.25, -0.2) is 4.39 Å². The quantitative estimate of drug-likeness (QED) is 0.902. The van der Waals surface area contributed by atoms with Gasteiger partial charge in [0.05, 0.1) is 12.2 Å². The Kier molecular flexibility index (Phi) is 3.78. The first-order chi connectivity index (χ1) is 9.17. The lowest BCUT2D eigenvalue weighted by molar-refractivity contribution is -0.0828. The summed E-state index contributed by atoms with van der Waals surface area (Å²) >= 11 is 3.39. The maximum absolute atomic E-state index is 13.1. The van der Waals surface area contributed by atoms with E-state index in [2.05, 4.69) is 21.2 Å². The largest absolute Gasteiger partial charge is 0.381 e. The van der Waals surface area contributed by atoms with Crippen LogP contribution in [0.4, 0.5) is 10.1 Å². The Morgan fingerprint density at radius 3 is 3.00 bits per heavy atom. The normalized spacial score (nSPS) is 30.7. The molecule has 0 radical (unpaired) electrons. The third-order valence-electron chi connectivity index (χ3n) is 3.85. The Balaban J connectivity index is 1.69. The van der Waals surface area contributed by atoms with E-state index in [-0.39, 0.29) is 11.4 Å². The molecule has 2 heterocycles. The van der Waals surface area contributed by atoms with Gasteiger partial charge in [-0.15, -0.1) is 0 Å². The average Bonchev–Trinajstić information content (AvgIpc) is 2.81. The molecule has 0 bridgehead atoms. The van der Waals surface area contributed by atoms with Gasteiger partial charge in [0.1, 0.15) is 5.82 Å². The molecule has 1 N–H and O–H groups in total. The molecule has 5 heteroatoms. The Hall–Kier alpha value is -0.650. The number of anilines is 1. The fourth-order valence-corrected chi connectivity index (χ4v) is 3.31. The molecule has 2 saturated heterocycles. The van der Waals surface area contributed by atoms with Crippen LogP contribution in [0.25, 0.3) is 0 Å². The molecule has 1 spiro atoms. The van der Waals surface area contributed by atoms with Crippen LogP contribution in [0, 0.1) is 5.82 Å². The van der Waals surface area contributed by atoms with Gasteiger partial charge in [0.2, 0.25) is 0 Å². The van der Waals surface area contributed by atoms with Gasteiger partial charge in [-0.05, 0) is 47.0 Å². The zero-order chi connectivity index (χ0) is 13.3. The van der Waals surface area contributed by atoms with E-state index < -0.39 is 0 Å². The van der Waals surface area contributed by atoms with Crippen LogP contribution in [0.1, 0.15) is 19.3 Å². The molecule has 2 unspecified atom stereocenters. The number of hydrogen-bond acceptors (Lipinski definition) is 3. The van der Waals surface area contributed by atoms with Crippen molar-refractivity contribution in [2.45, 2.75) is 30.9 Å². The maximum atomic E-state index is 13.1. The van der Waals surface area contributed by atoms with E-state index in [4.69, 9.17) is 9.47 Å². The van der Waals surface area contributed by atoms with Gasteiger partial charge in [-0.1, -0.05) is 0 Å². The summed E-state index contributed by atoms with van der Waals surface area (Å²) in [6.45, 7) is 2.22. The van der Waals surface area contributed by atoms with Crippen molar-refractivity contribution in [1.29, 1.82) is 0 Å². The molecular weight excluding hydrogens is 313 g/mol. The van der Waals surface area contributed by atoms with Gasteiger partial charge >= 0.3 is 0 Å². The number of benzene rings is 1. The van der Waals surface area contributed by atoms with Crippen molar-refractivity contribution in [2.24, 2.45) is 0 Å². The molecule has 2 fully saturated rings. The summed E-state index contributed by atoms with van der Waals surface area (Å²) < 4.78 is 25.2. The SMILES string of the molecule is Fc1ccc(NC2CCOC3(CCOC3)C2)c(Br)c1. The first-order valence-electron chi connectivity index (χ1n) is 6.60. The summed E-state index contributed by atoms with van der Waals surface area (Å²) in [6, 6.07) is 5.07. The number of ether oxygens (including phenoxy) is 2. The van der Waals surface area contributed by atoms with Crippen LogP contribution in [0.15, 0.2) is 22.7 Å². The lowest BCUT2D eigenvalue weighted by atomic mass is 9.89. The average molecular weight is 330 g/mol. The highest BCUT2D eigenvalue weighted by molar-refractivity contribution is 9.10. The number of hydrogen-bond donors (Lipinski definition) is 1. The topological polar surface area (TPSA) is 30.5 Å². The van der Waals surface area contributed by atoms with E-state index in [9.17, 15) is 4.39 Å². The van der Waals surface area contributed by atoms with Crippen LogP contribution in [0.2, 0.25) is 0 Å². The summed E-state index contributed by atoms with van der Waals surface area (Å²) in [5, 5.41) is 3.48. The van der Waals surface area contributed by atoms with Crippen LogP contribution in [-0.4, -0.2) is 31.5 Å². The fraction of sp³-hybridized carbons (Fsp3) is 0.571. The van der Waals surface area contributed by atoms with Gasteiger partial charge < -0.3 is 14.8 Å². The Morgan fingerprint density at radius 2 is 2.26 bits per heavy atom. The monoisotopic (exact) mass is 329 g/mol. The molecule has 3 nitrogen and oxygen atoms in total. The van der Waals surface area contributed by atoms with Crippen molar-refractivity contribution in [3.05, 3.63) is 28.5 Å². The zero-order valence-electron chi connectivity index (χ0n) is 10.6. The summed E-state index contributed by atoms with van der Waals surface area (Å²) in [5.74, 6) is -0.231. The number of nitrogens with one attached hydrogen (secondary N) is 1. The van der Waals surface area contributed by atoms with Crippen molar-refractivity contribution in [3.8, 4) is 0 Å². The van der Waals surface area contributed by atoms with Crippen LogP contribution < -0.4 is 5.32 Å². The molecule has 0 aromatic heterocycles. The molecule has 104 valence electrons. The van der Waals surface area contributed by atoms with E-state index >= 15 is 0 Å². The lowest BCUT2D eigenvalue weighted by Gasteiger charge is -2.37. The van der Waals surface area contributed by atoms with E-state index in [0.717, 1.165) is 42.6 Å². The number of halogens is 2. The van der Waals surface area contributed by atoms with E-state index in [0.29, 0.717) is 12.6 Å². The van der Waals surface area contributed by atoms with Crippen LogP contribution in [0.5, 0.6) is 0 Å². The molecule has 0 aliphatic carbocycles. The molecule has 3 rings (SSSR count). The summed E-state index contributed by atoms with van der Waals surface area (Å²) in [5.41, 5.74) is 0.824. The highest BCUT2D eigenvalue weighted by Crippen LogP contribution is 2.35. The van der Waals surface area contributed by atoms with Crippen molar-refractivity contribution < 1.29 is 13.9 Å². The van der Waals surface area contributed by atoms with Gasteiger partial charge in [0.25, 0.3) is 0 Å². The summed E-state index contributed by atoms with van der Waals surface area (Å²) in [4.78, 5) is 0. The van der Waals surface area contributed by atoms with Gasteiger partial charge in [-0.3, -0.25) is 0 Å². The Labute approximate surface area is 120 Å². The molecule has 2 aliphatic rings. The minimum atomic E-state index is -0.231. The lowest BCUT2D eigenvalue weighted by Crippen LogP contribution is -2.44. The van der Waals surface area contributed by atoms with E-state index in [1.165, 1.54) is 12.1 Å². The molecular formula is C14H17BrFNO2. The second kappa shape index (κ2) is 5.38. The van der Waals surface area contributed by atoms with Crippen LogP contribution in [-0.2, 0) is 9.47 Å². The minimum absolute atomic E-state index is 0.109. The van der Waals surface area contributed by atoms with Crippen LogP contribution >= 0.6 is 15.9 Å². The summed E-state index contributed by atoms with van der Waals surface area (Å²) in [6.07, 6.45) is 2.87. The van der Waals surface area contributed by atoms with Crippen molar-refractivity contribution in [2.75, 3.05) is 25.1 Å². The third kappa shape index (κ3) is 2.93. The minimum Gasteiger partial charge on any atom is -0.381 e. The standard InChI is InChI=1S/C14H17BrFNO2/c15-12-7-10(16)1-2-13(12)17-11-3-5-19-14(8-11)4-6-18-9-14/h1-2,7,11,17H,3-6,8-9H2. The molecule has 0 amide bonds. The molecule has 1 aromatic rings. The zero-order valence-corrected chi connectivity index (χ0v) is 12.2.